The molecule has 0 saturated heterocycles. The quantitative estimate of drug-likeness (QED) is 0.252. The van der Waals surface area contributed by atoms with E-state index in [9.17, 15) is 0 Å². The van der Waals surface area contributed by atoms with Crippen LogP contribution in [0.2, 0.25) is 0 Å². The summed E-state index contributed by atoms with van der Waals surface area (Å²) in [6.07, 6.45) is 17.6. The third-order valence-electron chi connectivity index (χ3n) is 5.43. The number of hydrogen-bond acceptors (Lipinski definition) is 6. The van der Waals surface area contributed by atoms with Gasteiger partial charge in [0.1, 0.15) is 17.1 Å². The zero-order valence-corrected chi connectivity index (χ0v) is 19.0. The zero-order valence-electron chi connectivity index (χ0n) is 19.0. The van der Waals surface area contributed by atoms with Gasteiger partial charge in [-0.25, -0.2) is 4.98 Å². The lowest BCUT2D eigenvalue weighted by Gasteiger charge is -2.10. The van der Waals surface area contributed by atoms with Gasteiger partial charge in [-0.05, 0) is 41.8 Å². The number of benzene rings is 1. The fourth-order valence-corrected chi connectivity index (χ4v) is 3.64. The second-order valence-corrected chi connectivity index (χ2v) is 7.95. The normalized spacial score (nSPS) is 10.8. The minimum absolute atomic E-state index is 0.711. The van der Waals surface area contributed by atoms with Crippen LogP contribution in [0.15, 0.2) is 73.6 Å². The van der Waals surface area contributed by atoms with Crippen LogP contribution in [-0.2, 0) is 0 Å². The number of pyridine rings is 1. The van der Waals surface area contributed by atoms with E-state index in [1.54, 1.807) is 37.2 Å². The molecule has 0 unspecified atom stereocenters. The molecule has 0 aliphatic carbocycles. The van der Waals surface area contributed by atoms with E-state index >= 15 is 0 Å². The first-order valence-electron chi connectivity index (χ1n) is 11.6. The van der Waals surface area contributed by atoms with Gasteiger partial charge in [0.05, 0.1) is 30.4 Å². The highest BCUT2D eigenvalue weighted by Gasteiger charge is 2.11. The monoisotopic (exact) mass is 439 g/mol. The van der Waals surface area contributed by atoms with Crippen molar-refractivity contribution in [3.8, 4) is 39.7 Å². The van der Waals surface area contributed by atoms with E-state index < -0.39 is 0 Å². The number of aromatic nitrogens is 5. The van der Waals surface area contributed by atoms with Crippen LogP contribution in [0, 0.1) is 0 Å². The summed E-state index contributed by atoms with van der Waals surface area (Å²) in [5.41, 5.74) is 4.99. The van der Waals surface area contributed by atoms with Gasteiger partial charge >= 0.3 is 0 Å². The lowest BCUT2D eigenvalue weighted by Crippen LogP contribution is -1.97. The van der Waals surface area contributed by atoms with Gasteiger partial charge in [-0.1, -0.05) is 51.2 Å². The molecular weight excluding hydrogens is 410 g/mol. The second-order valence-electron chi connectivity index (χ2n) is 7.95. The van der Waals surface area contributed by atoms with Gasteiger partial charge in [-0.3, -0.25) is 19.9 Å². The van der Waals surface area contributed by atoms with E-state index in [2.05, 4.69) is 39.0 Å². The highest BCUT2D eigenvalue weighted by atomic mass is 16.5. The molecule has 33 heavy (non-hydrogen) atoms. The van der Waals surface area contributed by atoms with E-state index in [-0.39, 0.29) is 0 Å². The Hall–Kier alpha value is -3.67. The molecule has 0 bridgehead atoms. The number of nitrogens with zero attached hydrogens (tertiary/aromatic N) is 5. The van der Waals surface area contributed by atoms with Crippen molar-refractivity contribution in [2.45, 2.75) is 45.4 Å². The molecule has 0 N–H and O–H groups in total. The maximum Gasteiger partial charge on any atom is 0.119 e. The van der Waals surface area contributed by atoms with Crippen LogP contribution in [0.4, 0.5) is 0 Å². The summed E-state index contributed by atoms with van der Waals surface area (Å²) < 4.78 is 5.94. The summed E-state index contributed by atoms with van der Waals surface area (Å²) in [5.74, 6) is 0.893. The predicted octanol–water partition coefficient (Wildman–Crippen LogP) is 6.40. The molecule has 0 radical (unpaired) electrons. The molecular formula is C27H29N5O. The van der Waals surface area contributed by atoms with Crippen molar-refractivity contribution in [3.05, 3.63) is 73.6 Å². The largest absolute Gasteiger partial charge is 0.494 e. The summed E-state index contributed by atoms with van der Waals surface area (Å²) >= 11 is 0. The molecule has 0 atom stereocenters. The minimum atomic E-state index is 0.711. The molecule has 0 fully saturated rings. The zero-order chi connectivity index (χ0) is 22.7. The van der Waals surface area contributed by atoms with Crippen LogP contribution < -0.4 is 4.74 Å². The molecule has 0 saturated carbocycles. The Labute approximate surface area is 195 Å². The van der Waals surface area contributed by atoms with E-state index in [1.807, 2.05) is 24.3 Å². The molecule has 3 heterocycles. The van der Waals surface area contributed by atoms with E-state index in [0.29, 0.717) is 11.4 Å². The van der Waals surface area contributed by atoms with Gasteiger partial charge in [0.15, 0.2) is 0 Å². The molecule has 0 aliphatic heterocycles. The van der Waals surface area contributed by atoms with Crippen molar-refractivity contribution in [1.29, 1.82) is 0 Å². The molecule has 0 amide bonds. The van der Waals surface area contributed by atoms with Gasteiger partial charge in [0.25, 0.3) is 0 Å². The number of hydrogen-bond donors (Lipinski definition) is 0. The lowest BCUT2D eigenvalue weighted by atomic mass is 10.0. The summed E-state index contributed by atoms with van der Waals surface area (Å²) in [4.78, 5) is 22.0. The Morgan fingerprint density at radius 3 is 1.82 bits per heavy atom. The van der Waals surface area contributed by atoms with Crippen molar-refractivity contribution >= 4 is 0 Å². The Morgan fingerprint density at radius 2 is 1.24 bits per heavy atom. The minimum Gasteiger partial charge on any atom is -0.494 e. The first kappa shape index (κ1) is 22.5. The maximum absolute atomic E-state index is 5.94. The number of unbranched alkanes of at least 4 members (excludes halogenated alkanes) is 5. The molecule has 3 aromatic heterocycles. The van der Waals surface area contributed by atoms with Crippen LogP contribution in [0.5, 0.6) is 5.75 Å². The van der Waals surface area contributed by atoms with Crippen molar-refractivity contribution in [2.75, 3.05) is 6.61 Å². The highest BCUT2D eigenvalue weighted by Crippen LogP contribution is 2.29. The smallest absolute Gasteiger partial charge is 0.119 e. The first-order chi connectivity index (χ1) is 16.3. The molecule has 1 aromatic carbocycles. The average Bonchev–Trinajstić information content (AvgIpc) is 2.89. The summed E-state index contributed by atoms with van der Waals surface area (Å²) in [5, 5.41) is 0. The van der Waals surface area contributed by atoms with Crippen LogP contribution in [0.25, 0.3) is 33.9 Å². The fourth-order valence-electron chi connectivity index (χ4n) is 3.64. The number of rotatable bonds is 11. The van der Waals surface area contributed by atoms with Crippen molar-refractivity contribution in [3.63, 3.8) is 0 Å². The second kappa shape index (κ2) is 11.8. The molecule has 4 aromatic rings. The molecule has 6 nitrogen and oxygen atoms in total. The summed E-state index contributed by atoms with van der Waals surface area (Å²) in [7, 11) is 0. The summed E-state index contributed by atoms with van der Waals surface area (Å²) in [6, 6.07) is 12.2. The predicted molar refractivity (Wildman–Crippen MR) is 131 cm³/mol. The van der Waals surface area contributed by atoms with Crippen LogP contribution in [0.1, 0.15) is 45.4 Å². The Bertz CT molecular complexity index is 1060. The van der Waals surface area contributed by atoms with Gasteiger partial charge in [-0.15, -0.1) is 0 Å². The van der Waals surface area contributed by atoms with Gasteiger partial charge < -0.3 is 4.74 Å². The van der Waals surface area contributed by atoms with Crippen molar-refractivity contribution < 1.29 is 4.74 Å². The lowest BCUT2D eigenvalue weighted by molar-refractivity contribution is 0.304. The number of ether oxygens (including phenoxy) is 1. The van der Waals surface area contributed by atoms with Crippen LogP contribution in [-0.4, -0.2) is 31.5 Å². The van der Waals surface area contributed by atoms with Gasteiger partial charge in [-0.2, -0.15) is 0 Å². The SMILES string of the molecule is CCCCCCCCOc1ccc(-c2cc(-c3cnccn3)nc(-c3cnccn3)c2)cc1. The van der Waals surface area contributed by atoms with Gasteiger partial charge in [0, 0.05) is 24.8 Å². The average molecular weight is 440 g/mol. The highest BCUT2D eigenvalue weighted by molar-refractivity contribution is 5.74. The summed E-state index contributed by atoms with van der Waals surface area (Å²) in [6.45, 7) is 3.00. The van der Waals surface area contributed by atoms with Crippen molar-refractivity contribution in [1.82, 2.24) is 24.9 Å². The maximum atomic E-state index is 5.94. The molecule has 0 aliphatic rings. The van der Waals surface area contributed by atoms with Crippen molar-refractivity contribution in [2.24, 2.45) is 0 Å². The third kappa shape index (κ3) is 6.42. The molecule has 168 valence electrons. The van der Waals surface area contributed by atoms with Crippen LogP contribution >= 0.6 is 0 Å². The topological polar surface area (TPSA) is 73.7 Å². The van der Waals surface area contributed by atoms with Gasteiger partial charge in [0.2, 0.25) is 0 Å². The van der Waals surface area contributed by atoms with Crippen LogP contribution in [0.3, 0.4) is 0 Å². The molecule has 6 heteroatoms. The Kier molecular flexibility index (Phi) is 8.06. The fraction of sp³-hybridized carbons (Fsp3) is 0.296. The van der Waals surface area contributed by atoms with E-state index in [1.165, 1.54) is 32.1 Å². The molecule has 4 rings (SSSR count). The van der Waals surface area contributed by atoms with E-state index in [4.69, 9.17) is 9.72 Å². The molecule has 0 spiro atoms. The Morgan fingerprint density at radius 1 is 0.636 bits per heavy atom. The van der Waals surface area contributed by atoms with E-state index in [0.717, 1.165) is 41.3 Å². The third-order valence-corrected chi connectivity index (χ3v) is 5.43. The Balaban J connectivity index is 1.51. The first-order valence-corrected chi connectivity index (χ1v) is 11.6. The standard InChI is InChI=1S/C27H29N5O/c1-2-3-4-5-6-7-16-33-23-10-8-21(9-11-23)22-17-24(26-19-28-12-14-30-26)32-25(18-22)27-20-29-13-15-31-27/h8-15,17-20H,2-7,16H2,1H3.